The molecule has 80 valence electrons. The van der Waals surface area contributed by atoms with Crippen molar-refractivity contribution in [1.29, 1.82) is 0 Å². The molecule has 2 aromatic rings. The van der Waals surface area contributed by atoms with E-state index in [0.717, 1.165) is 11.0 Å². The van der Waals surface area contributed by atoms with Gasteiger partial charge in [-0.25, -0.2) is 10.8 Å². The third-order valence-corrected chi connectivity index (χ3v) is 2.53. The Kier molecular flexibility index (Phi) is 2.54. The number of hydrogen-bond acceptors (Lipinski definition) is 3. The fraction of sp³-hybridized carbons (Fsp3) is 0.300. The fourth-order valence-corrected chi connectivity index (χ4v) is 1.86. The van der Waals surface area contributed by atoms with Crippen molar-refractivity contribution >= 4 is 28.6 Å². The van der Waals surface area contributed by atoms with Crippen LogP contribution in [0.2, 0.25) is 5.02 Å². The summed E-state index contributed by atoms with van der Waals surface area (Å²) in [6, 6.07) is 5.93. The van der Waals surface area contributed by atoms with Gasteiger partial charge in [-0.1, -0.05) is 11.6 Å². The van der Waals surface area contributed by atoms with Gasteiger partial charge in [0.2, 0.25) is 5.95 Å². The summed E-state index contributed by atoms with van der Waals surface area (Å²) in [7, 11) is 0. The highest BCUT2D eigenvalue weighted by Gasteiger charge is 2.12. The molecule has 0 unspecified atom stereocenters. The molecule has 0 amide bonds. The van der Waals surface area contributed by atoms with Crippen LogP contribution in [0.25, 0.3) is 11.0 Å². The predicted octanol–water partition coefficient (Wildman–Crippen LogP) is 2.56. The molecule has 0 aliphatic heterocycles. The minimum atomic E-state index is 0.294. The van der Waals surface area contributed by atoms with Crippen LogP contribution in [0, 0.1) is 0 Å². The van der Waals surface area contributed by atoms with E-state index in [1.165, 1.54) is 0 Å². The molecule has 2 rings (SSSR count). The molecule has 0 saturated carbocycles. The molecule has 0 saturated heterocycles. The van der Waals surface area contributed by atoms with Gasteiger partial charge in [0.1, 0.15) is 0 Å². The molecule has 1 heterocycles. The number of hydrogen-bond donors (Lipinski definition) is 2. The van der Waals surface area contributed by atoms with Crippen molar-refractivity contribution in [2.45, 2.75) is 19.9 Å². The van der Waals surface area contributed by atoms with E-state index in [1.807, 2.05) is 22.8 Å². The van der Waals surface area contributed by atoms with Gasteiger partial charge in [0, 0.05) is 11.1 Å². The van der Waals surface area contributed by atoms with Crippen molar-refractivity contribution in [3.63, 3.8) is 0 Å². The van der Waals surface area contributed by atoms with Crippen LogP contribution in [-0.2, 0) is 0 Å². The molecule has 0 spiro atoms. The molecule has 0 aliphatic carbocycles. The highest BCUT2D eigenvalue weighted by Crippen LogP contribution is 2.25. The number of halogens is 1. The summed E-state index contributed by atoms with van der Waals surface area (Å²) in [5.74, 6) is 6.08. The molecule has 3 N–H and O–H groups in total. The number of nitrogen functional groups attached to an aromatic ring is 1. The minimum Gasteiger partial charge on any atom is -0.307 e. The standard InChI is InChI=1S/C10H13ClN4/c1-6(2)15-9-4-3-7(11)5-8(9)13-10(15)14-12/h3-6H,12H2,1-2H3,(H,13,14). The number of benzene rings is 1. The third-order valence-electron chi connectivity index (χ3n) is 2.30. The zero-order valence-corrected chi connectivity index (χ0v) is 9.42. The molecule has 0 atom stereocenters. The maximum Gasteiger partial charge on any atom is 0.218 e. The second kappa shape index (κ2) is 3.72. The summed E-state index contributed by atoms with van der Waals surface area (Å²) in [5.41, 5.74) is 4.48. The van der Waals surface area contributed by atoms with E-state index in [0.29, 0.717) is 17.0 Å². The van der Waals surface area contributed by atoms with Gasteiger partial charge in [0.25, 0.3) is 0 Å². The van der Waals surface area contributed by atoms with E-state index in [-0.39, 0.29) is 0 Å². The Hall–Kier alpha value is -1.26. The molecule has 1 aromatic heterocycles. The molecule has 0 radical (unpaired) electrons. The Labute approximate surface area is 93.0 Å². The lowest BCUT2D eigenvalue weighted by Gasteiger charge is -2.11. The number of hydrazine groups is 1. The van der Waals surface area contributed by atoms with Crippen LogP contribution in [0.3, 0.4) is 0 Å². The molecule has 4 nitrogen and oxygen atoms in total. The zero-order chi connectivity index (χ0) is 11.0. The fourth-order valence-electron chi connectivity index (χ4n) is 1.70. The topological polar surface area (TPSA) is 55.9 Å². The molecule has 0 bridgehead atoms. The van der Waals surface area contributed by atoms with Gasteiger partial charge in [-0.3, -0.25) is 5.43 Å². The Morgan fingerprint density at radius 2 is 2.20 bits per heavy atom. The van der Waals surface area contributed by atoms with E-state index in [9.17, 15) is 0 Å². The van der Waals surface area contributed by atoms with Crippen LogP contribution in [0.4, 0.5) is 5.95 Å². The first-order valence-corrected chi connectivity index (χ1v) is 5.15. The van der Waals surface area contributed by atoms with Crippen molar-refractivity contribution in [3.8, 4) is 0 Å². The highest BCUT2D eigenvalue weighted by atomic mass is 35.5. The number of nitrogens with two attached hydrogens (primary N) is 1. The lowest BCUT2D eigenvalue weighted by atomic mass is 10.3. The average molecular weight is 225 g/mol. The zero-order valence-electron chi connectivity index (χ0n) is 8.66. The third kappa shape index (κ3) is 1.66. The van der Waals surface area contributed by atoms with Crippen LogP contribution in [-0.4, -0.2) is 9.55 Å². The maximum atomic E-state index is 5.90. The summed E-state index contributed by atoms with van der Waals surface area (Å²) in [6.45, 7) is 4.16. The first-order chi connectivity index (χ1) is 7.13. The van der Waals surface area contributed by atoms with Crippen LogP contribution in [0.1, 0.15) is 19.9 Å². The van der Waals surface area contributed by atoms with E-state index in [2.05, 4.69) is 24.3 Å². The van der Waals surface area contributed by atoms with Crippen molar-refractivity contribution in [2.24, 2.45) is 5.84 Å². The Morgan fingerprint density at radius 1 is 1.47 bits per heavy atom. The number of fused-ring (bicyclic) bond motifs is 1. The SMILES string of the molecule is CC(C)n1c(NN)nc2cc(Cl)ccc21. The van der Waals surface area contributed by atoms with Crippen LogP contribution >= 0.6 is 11.6 Å². The number of nitrogens with zero attached hydrogens (tertiary/aromatic N) is 2. The largest absolute Gasteiger partial charge is 0.307 e. The molecule has 5 heteroatoms. The van der Waals surface area contributed by atoms with Gasteiger partial charge in [0.15, 0.2) is 0 Å². The van der Waals surface area contributed by atoms with Crippen molar-refractivity contribution in [3.05, 3.63) is 23.2 Å². The number of nitrogens with one attached hydrogen (secondary N) is 1. The second-order valence-electron chi connectivity index (χ2n) is 3.68. The predicted molar refractivity (Wildman–Crippen MR) is 62.9 cm³/mol. The van der Waals surface area contributed by atoms with Crippen LogP contribution < -0.4 is 11.3 Å². The van der Waals surface area contributed by atoms with Crippen molar-refractivity contribution in [1.82, 2.24) is 9.55 Å². The van der Waals surface area contributed by atoms with Gasteiger partial charge in [-0.2, -0.15) is 0 Å². The summed E-state index contributed by atoms with van der Waals surface area (Å²) in [5, 5.41) is 0.680. The van der Waals surface area contributed by atoms with Gasteiger partial charge >= 0.3 is 0 Å². The van der Waals surface area contributed by atoms with E-state index >= 15 is 0 Å². The van der Waals surface area contributed by atoms with Crippen molar-refractivity contribution in [2.75, 3.05) is 5.43 Å². The molecular formula is C10H13ClN4. The second-order valence-corrected chi connectivity index (χ2v) is 4.11. The van der Waals surface area contributed by atoms with Crippen LogP contribution in [0.15, 0.2) is 18.2 Å². The van der Waals surface area contributed by atoms with Crippen LogP contribution in [0.5, 0.6) is 0 Å². The Morgan fingerprint density at radius 3 is 2.80 bits per heavy atom. The first-order valence-electron chi connectivity index (χ1n) is 4.77. The number of imidazole rings is 1. The maximum absolute atomic E-state index is 5.90. The van der Waals surface area contributed by atoms with Gasteiger partial charge < -0.3 is 4.57 Å². The summed E-state index contributed by atoms with van der Waals surface area (Å²) in [6.07, 6.45) is 0. The van der Waals surface area contributed by atoms with E-state index in [4.69, 9.17) is 17.4 Å². The first kappa shape index (κ1) is 10.3. The molecule has 15 heavy (non-hydrogen) atoms. The Bertz CT molecular complexity index is 489. The molecule has 0 aliphatic rings. The molecular weight excluding hydrogens is 212 g/mol. The Balaban J connectivity index is 2.74. The van der Waals surface area contributed by atoms with Gasteiger partial charge in [-0.05, 0) is 32.0 Å². The molecule has 0 fully saturated rings. The average Bonchev–Trinajstić information content (AvgIpc) is 2.54. The number of rotatable bonds is 2. The van der Waals surface area contributed by atoms with E-state index < -0.39 is 0 Å². The smallest absolute Gasteiger partial charge is 0.218 e. The van der Waals surface area contributed by atoms with E-state index in [1.54, 1.807) is 0 Å². The summed E-state index contributed by atoms with van der Waals surface area (Å²) in [4.78, 5) is 4.36. The summed E-state index contributed by atoms with van der Waals surface area (Å²) >= 11 is 5.90. The van der Waals surface area contributed by atoms with Gasteiger partial charge in [0.05, 0.1) is 11.0 Å². The van der Waals surface area contributed by atoms with Crippen molar-refractivity contribution < 1.29 is 0 Å². The lowest BCUT2D eigenvalue weighted by Crippen LogP contribution is -2.14. The molecule has 1 aromatic carbocycles. The summed E-state index contributed by atoms with van der Waals surface area (Å²) < 4.78 is 2.03. The van der Waals surface area contributed by atoms with Gasteiger partial charge in [-0.15, -0.1) is 0 Å². The minimum absolute atomic E-state index is 0.294. The quantitative estimate of drug-likeness (QED) is 0.609. The normalized spacial score (nSPS) is 11.3. The monoisotopic (exact) mass is 224 g/mol. The lowest BCUT2D eigenvalue weighted by molar-refractivity contribution is 0.623. The highest BCUT2D eigenvalue weighted by molar-refractivity contribution is 6.31. The number of aromatic nitrogens is 2. The number of anilines is 1.